The molecule has 1 heterocycles. The molecular weight excluding hydrogens is 398 g/mol. The Morgan fingerprint density at radius 1 is 1.13 bits per heavy atom. The van der Waals surface area contributed by atoms with Crippen LogP contribution in [0.25, 0.3) is 5.76 Å². The summed E-state index contributed by atoms with van der Waals surface area (Å²) in [6.45, 7) is 4.54. The minimum absolute atomic E-state index is 0.0292. The molecule has 1 atom stereocenters. The number of methoxy groups -OCH3 is 2. The van der Waals surface area contributed by atoms with Crippen LogP contribution >= 0.6 is 0 Å². The van der Waals surface area contributed by atoms with Crippen molar-refractivity contribution in [2.24, 2.45) is 0 Å². The number of aryl methyl sites for hydroxylation is 1. The van der Waals surface area contributed by atoms with Crippen LogP contribution in [0.1, 0.15) is 29.7 Å². The number of carbonyl (C=O) groups is 2. The van der Waals surface area contributed by atoms with Gasteiger partial charge in [0.25, 0.3) is 11.7 Å². The van der Waals surface area contributed by atoms with Crippen LogP contribution in [0.4, 0.5) is 0 Å². The predicted octanol–water partition coefficient (Wildman–Crippen LogP) is 3.47. The van der Waals surface area contributed by atoms with E-state index < -0.39 is 17.7 Å². The number of hydrogen-bond donors (Lipinski definition) is 1. The lowest BCUT2D eigenvalue weighted by Crippen LogP contribution is -2.32. The molecule has 2 aromatic rings. The summed E-state index contributed by atoms with van der Waals surface area (Å²) in [5, 5.41) is 11.2. The Balaban J connectivity index is 2.22. The van der Waals surface area contributed by atoms with E-state index in [1.807, 2.05) is 26.0 Å². The Bertz CT molecular complexity index is 1010. The van der Waals surface area contributed by atoms with Gasteiger partial charge in [0, 0.05) is 24.8 Å². The maximum atomic E-state index is 13.1. The van der Waals surface area contributed by atoms with Gasteiger partial charge in [0.1, 0.15) is 17.3 Å². The van der Waals surface area contributed by atoms with Gasteiger partial charge in [-0.15, -0.1) is 0 Å². The number of amides is 1. The van der Waals surface area contributed by atoms with Crippen LogP contribution in [-0.4, -0.2) is 55.7 Å². The van der Waals surface area contributed by atoms with E-state index in [1.54, 1.807) is 37.4 Å². The van der Waals surface area contributed by atoms with Gasteiger partial charge in [0.2, 0.25) is 0 Å². The predicted molar refractivity (Wildman–Crippen MR) is 116 cm³/mol. The standard InChI is InChI=1S/C24H27NO6/c1-5-31-19-9-7-6-8-18(19)21-20(23(27)24(28)25(21)12-13-29-3)22(26)17-11-10-16(30-4)14-15(17)2/h6-11,14,21,26H,5,12-13H2,1-4H3/b22-20-. The van der Waals surface area contributed by atoms with E-state index in [9.17, 15) is 14.7 Å². The summed E-state index contributed by atoms with van der Waals surface area (Å²) >= 11 is 0. The van der Waals surface area contributed by atoms with Crippen LogP contribution in [0, 0.1) is 6.92 Å². The molecule has 1 N–H and O–H groups in total. The smallest absolute Gasteiger partial charge is 0.295 e. The van der Waals surface area contributed by atoms with Crippen molar-refractivity contribution < 1.29 is 28.9 Å². The fourth-order valence-electron chi connectivity index (χ4n) is 3.79. The Kier molecular flexibility index (Phi) is 6.97. The number of ketones is 1. The minimum atomic E-state index is -0.792. The Morgan fingerprint density at radius 2 is 1.87 bits per heavy atom. The second kappa shape index (κ2) is 9.66. The third-order valence-electron chi connectivity index (χ3n) is 5.28. The number of benzene rings is 2. The molecule has 1 saturated heterocycles. The summed E-state index contributed by atoms with van der Waals surface area (Å²) in [6.07, 6.45) is 0. The van der Waals surface area contributed by atoms with Gasteiger partial charge in [-0.1, -0.05) is 18.2 Å². The fourth-order valence-corrected chi connectivity index (χ4v) is 3.79. The number of rotatable bonds is 8. The lowest BCUT2D eigenvalue weighted by atomic mass is 9.93. The quantitative estimate of drug-likeness (QED) is 0.396. The van der Waals surface area contributed by atoms with Gasteiger partial charge < -0.3 is 24.2 Å². The van der Waals surface area contributed by atoms with Crippen molar-refractivity contribution >= 4 is 17.4 Å². The Hall–Kier alpha value is -3.32. The van der Waals surface area contributed by atoms with Crippen molar-refractivity contribution in [3.63, 3.8) is 0 Å². The van der Waals surface area contributed by atoms with E-state index in [2.05, 4.69) is 0 Å². The van der Waals surface area contributed by atoms with Crippen LogP contribution in [0.15, 0.2) is 48.0 Å². The summed E-state index contributed by atoms with van der Waals surface area (Å²) in [7, 11) is 3.08. The molecule has 0 saturated carbocycles. The van der Waals surface area contributed by atoms with Gasteiger partial charge in [-0.05, 0) is 43.7 Å². The van der Waals surface area contributed by atoms with Crippen molar-refractivity contribution in [1.82, 2.24) is 4.90 Å². The molecule has 7 nitrogen and oxygen atoms in total. The lowest BCUT2D eigenvalue weighted by Gasteiger charge is -2.26. The first kappa shape index (κ1) is 22.4. The Labute approximate surface area is 181 Å². The van der Waals surface area contributed by atoms with Gasteiger partial charge in [-0.25, -0.2) is 0 Å². The van der Waals surface area contributed by atoms with Crippen molar-refractivity contribution in [3.8, 4) is 11.5 Å². The number of nitrogens with zero attached hydrogens (tertiary/aromatic N) is 1. The number of carbonyl (C=O) groups excluding carboxylic acids is 2. The number of aliphatic hydroxyl groups is 1. The molecule has 0 spiro atoms. The monoisotopic (exact) mass is 425 g/mol. The van der Waals surface area contributed by atoms with Crippen molar-refractivity contribution in [2.75, 3.05) is 34.0 Å². The number of Topliss-reactive ketones (excluding diaryl/α,β-unsaturated/α-hetero) is 1. The van der Waals surface area contributed by atoms with Crippen LogP contribution in [0.2, 0.25) is 0 Å². The molecule has 31 heavy (non-hydrogen) atoms. The second-order valence-corrected chi connectivity index (χ2v) is 7.14. The van der Waals surface area contributed by atoms with E-state index in [4.69, 9.17) is 14.2 Å². The fraction of sp³-hybridized carbons (Fsp3) is 0.333. The molecule has 0 aliphatic carbocycles. The summed E-state index contributed by atoms with van der Waals surface area (Å²) < 4.78 is 16.1. The minimum Gasteiger partial charge on any atom is -0.507 e. The van der Waals surface area contributed by atoms with Crippen LogP contribution < -0.4 is 9.47 Å². The summed E-state index contributed by atoms with van der Waals surface area (Å²) in [5.74, 6) is -0.458. The summed E-state index contributed by atoms with van der Waals surface area (Å²) in [6, 6.07) is 11.6. The molecule has 1 amide bonds. The van der Waals surface area contributed by atoms with Crippen LogP contribution in [0.5, 0.6) is 11.5 Å². The molecule has 2 aromatic carbocycles. The molecule has 1 aliphatic heterocycles. The molecule has 1 aliphatic rings. The molecule has 7 heteroatoms. The van der Waals surface area contributed by atoms with Gasteiger partial charge in [0.15, 0.2) is 0 Å². The first-order chi connectivity index (χ1) is 14.9. The zero-order valence-corrected chi connectivity index (χ0v) is 18.2. The normalized spacial score (nSPS) is 17.8. The largest absolute Gasteiger partial charge is 0.507 e. The molecular formula is C24H27NO6. The van der Waals surface area contributed by atoms with Crippen molar-refractivity contribution in [2.45, 2.75) is 19.9 Å². The summed E-state index contributed by atoms with van der Waals surface area (Å²) in [5.41, 5.74) is 1.84. The molecule has 164 valence electrons. The highest BCUT2D eigenvalue weighted by Crippen LogP contribution is 2.43. The molecule has 1 fully saturated rings. The first-order valence-electron chi connectivity index (χ1n) is 10.1. The SMILES string of the molecule is CCOc1ccccc1C1/C(=C(/O)c2ccc(OC)cc2C)C(=O)C(=O)N1CCOC. The topological polar surface area (TPSA) is 85.3 Å². The highest BCUT2D eigenvalue weighted by molar-refractivity contribution is 6.46. The van der Waals surface area contributed by atoms with Gasteiger partial charge in [-0.2, -0.15) is 0 Å². The average molecular weight is 425 g/mol. The average Bonchev–Trinajstić information content (AvgIpc) is 3.02. The number of para-hydroxylation sites is 1. The third-order valence-corrected chi connectivity index (χ3v) is 5.28. The van der Waals surface area contributed by atoms with Gasteiger partial charge in [0.05, 0.1) is 31.9 Å². The zero-order chi connectivity index (χ0) is 22.5. The van der Waals surface area contributed by atoms with E-state index >= 15 is 0 Å². The van der Waals surface area contributed by atoms with Gasteiger partial charge in [-0.3, -0.25) is 9.59 Å². The van der Waals surface area contributed by atoms with Crippen molar-refractivity contribution in [3.05, 3.63) is 64.7 Å². The first-order valence-corrected chi connectivity index (χ1v) is 10.1. The highest BCUT2D eigenvalue weighted by atomic mass is 16.5. The second-order valence-electron chi connectivity index (χ2n) is 7.14. The van der Waals surface area contributed by atoms with Crippen LogP contribution in [0.3, 0.4) is 0 Å². The maximum Gasteiger partial charge on any atom is 0.295 e. The van der Waals surface area contributed by atoms with E-state index in [-0.39, 0.29) is 24.5 Å². The number of aliphatic hydroxyl groups excluding tert-OH is 1. The summed E-state index contributed by atoms with van der Waals surface area (Å²) in [4.78, 5) is 27.4. The van der Waals surface area contributed by atoms with Gasteiger partial charge >= 0.3 is 0 Å². The lowest BCUT2D eigenvalue weighted by molar-refractivity contribution is -0.140. The van der Waals surface area contributed by atoms with E-state index in [1.165, 1.54) is 12.0 Å². The van der Waals surface area contributed by atoms with Crippen molar-refractivity contribution in [1.29, 1.82) is 0 Å². The molecule has 0 bridgehead atoms. The highest BCUT2D eigenvalue weighted by Gasteiger charge is 2.47. The maximum absolute atomic E-state index is 13.1. The van der Waals surface area contributed by atoms with Crippen LogP contribution in [-0.2, 0) is 14.3 Å². The number of hydrogen-bond acceptors (Lipinski definition) is 6. The van der Waals surface area contributed by atoms with E-state index in [0.29, 0.717) is 29.2 Å². The zero-order valence-electron chi connectivity index (χ0n) is 18.2. The molecule has 1 unspecified atom stereocenters. The third kappa shape index (κ3) is 4.27. The van der Waals surface area contributed by atoms with E-state index in [0.717, 1.165) is 5.56 Å². The molecule has 3 rings (SSSR count). The molecule has 0 aromatic heterocycles. The number of ether oxygens (including phenoxy) is 3. The Morgan fingerprint density at radius 3 is 2.52 bits per heavy atom. The number of likely N-dealkylation sites (tertiary alicyclic amines) is 1. The molecule has 0 radical (unpaired) electrons.